The van der Waals surface area contributed by atoms with Gasteiger partial charge in [-0.15, -0.1) is 0 Å². The third-order valence-corrected chi connectivity index (χ3v) is 2.51. The molecule has 0 aromatic heterocycles. The Balaban J connectivity index is 4.60. The largest absolute Gasteiger partial charge is 0.546 e. The van der Waals surface area contributed by atoms with Crippen LogP contribution in [0.25, 0.3) is 0 Å². The minimum atomic E-state index is -4.92. The first-order valence-electron chi connectivity index (χ1n) is 4.44. The van der Waals surface area contributed by atoms with E-state index in [1.54, 1.807) is 0 Å². The van der Waals surface area contributed by atoms with E-state index in [1.807, 2.05) is 0 Å². The van der Waals surface area contributed by atoms with Crippen molar-refractivity contribution in [2.45, 2.75) is 24.4 Å². The van der Waals surface area contributed by atoms with Crippen LogP contribution in [0.3, 0.4) is 0 Å². The zero-order valence-electron chi connectivity index (χ0n) is 8.86. The van der Waals surface area contributed by atoms with Crippen LogP contribution < -0.4 is 5.90 Å². The zero-order valence-corrected chi connectivity index (χ0v) is 9.75. The van der Waals surface area contributed by atoms with E-state index in [1.165, 1.54) is 0 Å². The lowest BCUT2D eigenvalue weighted by Crippen LogP contribution is -2.49. The van der Waals surface area contributed by atoms with E-state index in [-0.39, 0.29) is 0 Å². The number of rotatable bonds is 7. The van der Waals surface area contributed by atoms with Gasteiger partial charge in [0, 0.05) is 0 Å². The Bertz CT molecular complexity index is 323. The number of hydrogen-bond donors (Lipinski definition) is 7. The van der Waals surface area contributed by atoms with Crippen LogP contribution in [0.4, 0.5) is 0 Å². The molecule has 0 aliphatic carbocycles. The minimum Gasteiger partial charge on any atom is -0.394 e. The van der Waals surface area contributed by atoms with E-state index in [0.717, 1.165) is 0 Å². The van der Waals surface area contributed by atoms with Crippen molar-refractivity contribution in [3.05, 3.63) is 0 Å². The summed E-state index contributed by atoms with van der Waals surface area (Å²) in [5.74, 6) is 2.49. The molecule has 12 heteroatoms. The minimum absolute atomic E-state index is 0.954. The highest BCUT2D eigenvalue weighted by molar-refractivity contribution is 7.47. The van der Waals surface area contributed by atoms with Gasteiger partial charge in [0.2, 0.25) is 0 Å². The molecule has 8 N–H and O–H groups in total. The molecule has 0 saturated carbocycles. The molecule has 0 saturated heterocycles. The normalized spacial score (nSPS) is 21.5. The van der Waals surface area contributed by atoms with Crippen molar-refractivity contribution in [3.63, 3.8) is 0 Å². The summed E-state index contributed by atoms with van der Waals surface area (Å²) in [6, 6.07) is 0. The average Bonchev–Trinajstić information content (AvgIpc) is 2.34. The molecule has 0 fully saturated rings. The highest BCUT2D eigenvalue weighted by atomic mass is 31.2. The van der Waals surface area contributed by atoms with E-state index in [4.69, 9.17) is 25.3 Å². The number of phosphoric ester groups is 1. The summed E-state index contributed by atoms with van der Waals surface area (Å²) in [5.41, 5.74) is 0. The van der Waals surface area contributed by atoms with E-state index in [9.17, 15) is 14.5 Å². The second-order valence-corrected chi connectivity index (χ2v) is 4.49. The van der Waals surface area contributed by atoms with Crippen molar-refractivity contribution in [1.82, 2.24) is 0 Å². The molecule has 1 unspecified atom stereocenters. The molecular weight excluding hydrogens is 277 g/mol. The van der Waals surface area contributed by atoms with Crippen LogP contribution in [0.5, 0.6) is 0 Å². The molecule has 18 heavy (non-hydrogen) atoms. The van der Waals surface area contributed by atoms with Crippen molar-refractivity contribution < 1.29 is 48.9 Å². The summed E-state index contributed by atoms with van der Waals surface area (Å²) in [6.07, 6.45) is -8.65. The van der Waals surface area contributed by atoms with E-state index < -0.39 is 44.8 Å². The van der Waals surface area contributed by atoms with Gasteiger partial charge in [-0.25, -0.2) is 15.3 Å². The Morgan fingerprint density at radius 1 is 1.22 bits per heavy atom. The van der Waals surface area contributed by atoms with E-state index in [0.29, 0.717) is 0 Å². The quantitative estimate of drug-likeness (QED) is 0.178. The van der Waals surface area contributed by atoms with Crippen molar-refractivity contribution in [3.8, 4) is 0 Å². The Morgan fingerprint density at radius 2 is 1.72 bits per heavy atom. The number of carbonyl (C=O) groups excluding carboxylic acids is 1. The molecule has 5 atom stereocenters. The summed E-state index contributed by atoms with van der Waals surface area (Å²) >= 11 is 0. The Morgan fingerprint density at radius 3 is 2.11 bits per heavy atom. The van der Waals surface area contributed by atoms with Crippen LogP contribution in [0, 0.1) is 0 Å². The summed E-state index contributed by atoms with van der Waals surface area (Å²) < 4.78 is 17.8. The van der Waals surface area contributed by atoms with Gasteiger partial charge >= 0.3 is 13.8 Å². The summed E-state index contributed by atoms with van der Waals surface area (Å²) in [5, 5.41) is 44.9. The van der Waals surface area contributed by atoms with Gasteiger partial charge in [0.15, 0.2) is 6.10 Å². The van der Waals surface area contributed by atoms with Gasteiger partial charge in [0.05, 0.1) is 6.61 Å². The number of aliphatic hydroxyl groups is 5. The maximum atomic E-state index is 11.0. The van der Waals surface area contributed by atoms with Crippen molar-refractivity contribution in [2.24, 2.45) is 5.90 Å². The smallest absolute Gasteiger partial charge is 0.394 e. The molecule has 0 aromatic carbocycles. The molecule has 0 rings (SSSR count). The fourth-order valence-electron chi connectivity index (χ4n) is 0.851. The fraction of sp³-hybridized carbons (Fsp3) is 0.833. The molecule has 0 heterocycles. The van der Waals surface area contributed by atoms with Crippen LogP contribution in [0.1, 0.15) is 0 Å². The molecule has 0 aromatic rings. The number of carbonyl (C=O) groups is 1. The lowest BCUT2D eigenvalue weighted by atomic mass is 10.0. The standard InChI is InChI=1S/C6H14NO10P/c7-17-18(14,15)16-6(13)5(12)4(11)3(10)2(9)1-8/h2-5,8-12H,1,7H2,(H,14,15)/t2-,3-,4+,5-/m1/s1. The molecule has 0 aliphatic rings. The number of nitrogens with two attached hydrogens (primary N) is 1. The topological polar surface area (TPSA) is 200 Å². The first-order valence-corrected chi connectivity index (χ1v) is 5.93. The third-order valence-electron chi connectivity index (χ3n) is 1.83. The fourth-order valence-corrected chi connectivity index (χ4v) is 1.23. The molecule has 11 nitrogen and oxygen atoms in total. The SMILES string of the molecule is NOP(=O)(O)OC(=O)[C@H](O)[C@@H](O)[C@H](O)[C@H](O)CO. The maximum absolute atomic E-state index is 11.0. The van der Waals surface area contributed by atoms with Crippen molar-refractivity contribution >= 4 is 13.8 Å². The molecule has 0 radical (unpaired) electrons. The number of aliphatic hydroxyl groups excluding tert-OH is 5. The monoisotopic (exact) mass is 291 g/mol. The number of phosphoric acid groups is 1. The molecule has 0 bridgehead atoms. The van der Waals surface area contributed by atoms with Gasteiger partial charge in [-0.3, -0.25) is 4.89 Å². The summed E-state index contributed by atoms with van der Waals surface area (Å²) in [6.45, 7) is -0.954. The van der Waals surface area contributed by atoms with Gasteiger partial charge < -0.3 is 30.1 Å². The van der Waals surface area contributed by atoms with Crippen LogP contribution in [-0.4, -0.2) is 67.4 Å². The molecular formula is C6H14NO10P. The second kappa shape index (κ2) is 7.09. The van der Waals surface area contributed by atoms with Gasteiger partial charge in [0.25, 0.3) is 0 Å². The van der Waals surface area contributed by atoms with Crippen LogP contribution in [0.2, 0.25) is 0 Å². The average molecular weight is 291 g/mol. The van der Waals surface area contributed by atoms with Gasteiger partial charge in [-0.05, 0) is 0 Å². The van der Waals surface area contributed by atoms with Gasteiger partial charge in [0.1, 0.15) is 18.3 Å². The van der Waals surface area contributed by atoms with Crippen LogP contribution in [0.15, 0.2) is 0 Å². The maximum Gasteiger partial charge on any atom is 0.546 e. The van der Waals surface area contributed by atoms with Crippen molar-refractivity contribution in [1.29, 1.82) is 0 Å². The summed E-state index contributed by atoms with van der Waals surface area (Å²) in [7, 11) is -4.92. The second-order valence-electron chi connectivity index (χ2n) is 3.16. The molecule has 0 spiro atoms. The highest BCUT2D eigenvalue weighted by Gasteiger charge is 2.38. The Labute approximate surface area is 101 Å². The van der Waals surface area contributed by atoms with Gasteiger partial charge in [-0.1, -0.05) is 0 Å². The van der Waals surface area contributed by atoms with E-state index in [2.05, 4.69) is 15.0 Å². The van der Waals surface area contributed by atoms with Crippen molar-refractivity contribution in [2.75, 3.05) is 6.61 Å². The molecule has 0 aliphatic heterocycles. The Hall–Kier alpha value is -0.620. The predicted molar refractivity (Wildman–Crippen MR) is 52.3 cm³/mol. The van der Waals surface area contributed by atoms with E-state index >= 15 is 0 Å². The first kappa shape index (κ1) is 17.4. The lowest BCUT2D eigenvalue weighted by Gasteiger charge is -2.24. The first-order chi connectivity index (χ1) is 8.16. The number of hydrogen-bond acceptors (Lipinski definition) is 10. The third kappa shape index (κ3) is 4.94. The molecule has 108 valence electrons. The highest BCUT2D eigenvalue weighted by Crippen LogP contribution is 2.41. The predicted octanol–water partition coefficient (Wildman–Crippen LogP) is -4.04. The van der Waals surface area contributed by atoms with Crippen LogP contribution >= 0.6 is 7.82 Å². The van der Waals surface area contributed by atoms with Gasteiger partial charge in [-0.2, -0.15) is 4.62 Å². The zero-order chi connectivity index (χ0) is 14.5. The Kier molecular flexibility index (Phi) is 6.84. The summed E-state index contributed by atoms with van der Waals surface area (Å²) in [4.78, 5) is 19.7. The lowest BCUT2D eigenvalue weighted by molar-refractivity contribution is -0.163. The molecule has 0 amide bonds. The van der Waals surface area contributed by atoms with Crippen LogP contribution in [-0.2, 0) is 18.5 Å².